The predicted molar refractivity (Wildman–Crippen MR) is 96.4 cm³/mol. The summed E-state index contributed by atoms with van der Waals surface area (Å²) in [6.45, 7) is 6.06. The Hall–Kier alpha value is -1.21. The molecule has 0 unspecified atom stereocenters. The molecule has 0 atom stereocenters. The fourth-order valence-corrected chi connectivity index (χ4v) is 4.34. The van der Waals surface area contributed by atoms with Crippen molar-refractivity contribution < 1.29 is 8.42 Å². The number of pyridine rings is 1. The number of aryl methyl sites for hydroxylation is 1. The summed E-state index contributed by atoms with van der Waals surface area (Å²) in [5.74, 6) is 0. The molecule has 5 nitrogen and oxygen atoms in total. The maximum Gasteiger partial charge on any atom is 0.241 e. The predicted octanol–water partition coefficient (Wildman–Crippen LogP) is 2.76. The minimum Gasteiger partial charge on any atom is -0.329 e. The van der Waals surface area contributed by atoms with Crippen molar-refractivity contribution >= 4 is 33.3 Å². The van der Waals surface area contributed by atoms with Gasteiger partial charge < -0.3 is 5.73 Å². The van der Waals surface area contributed by atoms with Crippen molar-refractivity contribution in [2.45, 2.75) is 44.0 Å². The zero-order valence-corrected chi connectivity index (χ0v) is 15.3. The van der Waals surface area contributed by atoms with Crippen LogP contribution >= 0.6 is 12.4 Å². The van der Waals surface area contributed by atoms with Gasteiger partial charge in [-0.25, -0.2) is 13.1 Å². The van der Waals surface area contributed by atoms with Crippen molar-refractivity contribution in [3.8, 4) is 0 Å². The molecular formula is C16H24ClN3O2S. The van der Waals surface area contributed by atoms with E-state index in [0.29, 0.717) is 23.7 Å². The molecule has 1 aromatic heterocycles. The van der Waals surface area contributed by atoms with Crippen LogP contribution in [0.2, 0.25) is 0 Å². The van der Waals surface area contributed by atoms with Crippen molar-refractivity contribution in [1.29, 1.82) is 0 Å². The highest BCUT2D eigenvalue weighted by Gasteiger charge is 2.31. The minimum atomic E-state index is -3.67. The van der Waals surface area contributed by atoms with E-state index in [-0.39, 0.29) is 23.8 Å². The first kappa shape index (κ1) is 19.8. The van der Waals surface area contributed by atoms with Gasteiger partial charge in [-0.05, 0) is 43.5 Å². The Morgan fingerprint density at radius 3 is 2.43 bits per heavy atom. The molecule has 0 radical (unpaired) electrons. The van der Waals surface area contributed by atoms with Crippen LogP contribution in [0.1, 0.15) is 32.3 Å². The first-order valence-electron chi connectivity index (χ1n) is 7.47. The molecule has 0 fully saturated rings. The van der Waals surface area contributed by atoms with E-state index >= 15 is 0 Å². The first-order chi connectivity index (χ1) is 10.4. The average Bonchev–Trinajstić information content (AvgIpc) is 2.53. The molecule has 0 saturated heterocycles. The molecule has 0 aliphatic heterocycles. The molecule has 1 heterocycles. The molecular weight excluding hydrogens is 334 g/mol. The van der Waals surface area contributed by atoms with E-state index in [9.17, 15) is 8.42 Å². The molecule has 23 heavy (non-hydrogen) atoms. The average molecular weight is 358 g/mol. The fraction of sp³-hybridized carbons (Fsp3) is 0.438. The van der Waals surface area contributed by atoms with Crippen LogP contribution in [0.15, 0.2) is 35.4 Å². The lowest BCUT2D eigenvalue weighted by Crippen LogP contribution is -2.52. The Kier molecular flexibility index (Phi) is 6.53. The summed E-state index contributed by atoms with van der Waals surface area (Å²) < 4.78 is 28.5. The number of halogens is 1. The lowest BCUT2D eigenvalue weighted by molar-refractivity contribution is 0.363. The van der Waals surface area contributed by atoms with Crippen molar-refractivity contribution in [2.75, 3.05) is 6.54 Å². The van der Waals surface area contributed by atoms with Gasteiger partial charge in [0.25, 0.3) is 0 Å². The monoisotopic (exact) mass is 357 g/mol. The molecule has 2 aromatic rings. The van der Waals surface area contributed by atoms with Gasteiger partial charge in [0, 0.05) is 23.7 Å². The number of rotatable bonds is 6. The normalized spacial score (nSPS) is 12.2. The maximum absolute atomic E-state index is 12.9. The zero-order chi connectivity index (χ0) is 16.4. The minimum absolute atomic E-state index is 0. The van der Waals surface area contributed by atoms with E-state index < -0.39 is 15.6 Å². The Bertz CT molecular complexity index is 766. The Balaban J connectivity index is 0.00000264. The highest BCUT2D eigenvalue weighted by Crippen LogP contribution is 2.26. The van der Waals surface area contributed by atoms with Gasteiger partial charge in [-0.1, -0.05) is 19.9 Å². The van der Waals surface area contributed by atoms with Gasteiger partial charge in [0.2, 0.25) is 10.0 Å². The lowest BCUT2D eigenvalue weighted by atomic mass is 9.95. The topological polar surface area (TPSA) is 85.1 Å². The number of nitrogens with zero attached hydrogens (tertiary/aromatic N) is 1. The van der Waals surface area contributed by atoms with E-state index in [1.165, 1.54) is 0 Å². The summed E-state index contributed by atoms with van der Waals surface area (Å²) in [6.07, 6.45) is 2.95. The van der Waals surface area contributed by atoms with Crippen molar-refractivity contribution in [3.05, 3.63) is 36.0 Å². The van der Waals surface area contributed by atoms with Gasteiger partial charge in [-0.2, -0.15) is 0 Å². The SMILES string of the molecule is CCC(CC)(CN)NS(=O)(=O)c1ccc(C)c2ncccc12.Cl. The Labute approximate surface area is 144 Å². The number of hydrogen-bond donors (Lipinski definition) is 2. The van der Waals surface area contributed by atoms with E-state index in [0.717, 1.165) is 5.56 Å². The van der Waals surface area contributed by atoms with Gasteiger partial charge in [0.05, 0.1) is 10.4 Å². The van der Waals surface area contributed by atoms with Crippen molar-refractivity contribution in [2.24, 2.45) is 5.73 Å². The largest absolute Gasteiger partial charge is 0.329 e. The van der Waals surface area contributed by atoms with E-state index in [1.54, 1.807) is 30.5 Å². The number of nitrogens with one attached hydrogen (secondary N) is 1. The quantitative estimate of drug-likeness (QED) is 0.832. The summed E-state index contributed by atoms with van der Waals surface area (Å²) in [5, 5.41) is 0.633. The summed E-state index contributed by atoms with van der Waals surface area (Å²) in [7, 11) is -3.67. The highest BCUT2D eigenvalue weighted by atomic mass is 35.5. The third kappa shape index (κ3) is 3.83. The fourth-order valence-electron chi connectivity index (χ4n) is 2.59. The smallest absolute Gasteiger partial charge is 0.241 e. The van der Waals surface area contributed by atoms with Crippen LogP contribution in [-0.4, -0.2) is 25.5 Å². The molecule has 0 bridgehead atoms. The van der Waals surface area contributed by atoms with Gasteiger partial charge in [0.1, 0.15) is 0 Å². The van der Waals surface area contributed by atoms with Gasteiger partial charge in [-0.3, -0.25) is 4.98 Å². The van der Waals surface area contributed by atoms with Crippen LogP contribution in [0.3, 0.4) is 0 Å². The number of nitrogens with two attached hydrogens (primary N) is 1. The maximum atomic E-state index is 12.9. The molecule has 0 aliphatic rings. The molecule has 0 saturated carbocycles. The summed E-state index contributed by atoms with van der Waals surface area (Å²) in [4.78, 5) is 4.55. The molecule has 0 spiro atoms. The number of hydrogen-bond acceptors (Lipinski definition) is 4. The van der Waals surface area contributed by atoms with Crippen LogP contribution in [0.25, 0.3) is 10.9 Å². The van der Waals surface area contributed by atoms with Crippen LogP contribution in [0.5, 0.6) is 0 Å². The third-order valence-electron chi connectivity index (χ3n) is 4.32. The molecule has 1 aromatic carbocycles. The zero-order valence-electron chi connectivity index (χ0n) is 13.7. The van der Waals surface area contributed by atoms with Gasteiger partial charge in [0.15, 0.2) is 0 Å². The Morgan fingerprint density at radius 1 is 1.22 bits per heavy atom. The number of fused-ring (bicyclic) bond motifs is 1. The third-order valence-corrected chi connectivity index (χ3v) is 5.95. The van der Waals surface area contributed by atoms with Crippen molar-refractivity contribution in [3.63, 3.8) is 0 Å². The first-order valence-corrected chi connectivity index (χ1v) is 8.96. The molecule has 0 amide bonds. The molecule has 128 valence electrons. The van der Waals surface area contributed by atoms with Crippen molar-refractivity contribution in [1.82, 2.24) is 9.71 Å². The number of sulfonamides is 1. The molecule has 0 aliphatic carbocycles. The molecule has 7 heteroatoms. The summed E-state index contributed by atoms with van der Waals surface area (Å²) in [6, 6.07) is 6.95. The number of benzene rings is 1. The summed E-state index contributed by atoms with van der Waals surface area (Å²) in [5.41, 5.74) is 6.85. The second-order valence-corrected chi connectivity index (χ2v) is 7.23. The highest BCUT2D eigenvalue weighted by molar-refractivity contribution is 7.89. The summed E-state index contributed by atoms with van der Waals surface area (Å²) >= 11 is 0. The van der Waals surface area contributed by atoms with Gasteiger partial charge >= 0.3 is 0 Å². The number of aromatic nitrogens is 1. The second kappa shape index (κ2) is 7.57. The van der Waals surface area contributed by atoms with Crippen LogP contribution < -0.4 is 10.5 Å². The van der Waals surface area contributed by atoms with Crippen LogP contribution in [0, 0.1) is 6.92 Å². The lowest BCUT2D eigenvalue weighted by Gasteiger charge is -2.31. The second-order valence-electron chi connectivity index (χ2n) is 5.58. The van der Waals surface area contributed by atoms with E-state index in [4.69, 9.17) is 5.73 Å². The van der Waals surface area contributed by atoms with Crippen LogP contribution in [0.4, 0.5) is 0 Å². The van der Waals surface area contributed by atoms with Crippen LogP contribution in [-0.2, 0) is 10.0 Å². The molecule has 2 rings (SSSR count). The Morgan fingerprint density at radius 2 is 1.87 bits per heavy atom. The molecule has 3 N–H and O–H groups in total. The standard InChI is InChI=1S/C16H23N3O2S.ClH/c1-4-16(5-2,11-17)19-22(20,21)14-9-8-12(3)15-13(14)7-6-10-18-15;/h6-10,19H,4-5,11,17H2,1-3H3;1H. The van der Waals surface area contributed by atoms with E-state index in [2.05, 4.69) is 9.71 Å². The van der Waals surface area contributed by atoms with E-state index in [1.807, 2.05) is 20.8 Å². The van der Waals surface area contributed by atoms with Gasteiger partial charge in [-0.15, -0.1) is 12.4 Å².